The largest absolute Gasteiger partial charge is 0.496 e. The Labute approximate surface area is 154 Å². The summed E-state index contributed by atoms with van der Waals surface area (Å²) in [7, 11) is 1.62. The van der Waals surface area contributed by atoms with Crippen LogP contribution in [0, 0.1) is 13.8 Å². The van der Waals surface area contributed by atoms with E-state index in [4.69, 9.17) is 14.2 Å². The van der Waals surface area contributed by atoms with Crippen LogP contribution in [-0.2, 0) is 11.3 Å². The normalized spacial score (nSPS) is 14.2. The van der Waals surface area contributed by atoms with Crippen molar-refractivity contribution in [3.8, 4) is 11.5 Å². The molecule has 1 amide bonds. The van der Waals surface area contributed by atoms with Gasteiger partial charge in [-0.05, 0) is 55.3 Å². The molecule has 0 radical (unpaired) electrons. The van der Waals surface area contributed by atoms with Gasteiger partial charge < -0.3 is 19.1 Å². The summed E-state index contributed by atoms with van der Waals surface area (Å²) in [6, 6.07) is 11.5. The number of carbonyl (C=O) groups is 1. The summed E-state index contributed by atoms with van der Waals surface area (Å²) < 4.78 is 16.7. The van der Waals surface area contributed by atoms with Crippen LogP contribution in [0.15, 0.2) is 36.4 Å². The van der Waals surface area contributed by atoms with Gasteiger partial charge in [0.15, 0.2) is 0 Å². The van der Waals surface area contributed by atoms with E-state index in [2.05, 4.69) is 13.8 Å². The summed E-state index contributed by atoms with van der Waals surface area (Å²) in [6.45, 7) is 6.90. The Morgan fingerprint density at radius 3 is 2.54 bits per heavy atom. The van der Waals surface area contributed by atoms with Crippen LogP contribution in [0.25, 0.3) is 0 Å². The number of ether oxygens (including phenoxy) is 3. The zero-order valence-electron chi connectivity index (χ0n) is 15.6. The van der Waals surface area contributed by atoms with Crippen LogP contribution in [0.5, 0.6) is 11.5 Å². The fraction of sp³-hybridized carbons (Fsp3) is 0.381. The molecule has 26 heavy (non-hydrogen) atoms. The van der Waals surface area contributed by atoms with Crippen molar-refractivity contribution < 1.29 is 19.0 Å². The SMILES string of the molecule is COc1ccc(C(=O)N2CCOCC2)cc1COc1ccc(C)c(C)c1. The molecule has 0 aliphatic carbocycles. The van der Waals surface area contributed by atoms with Crippen molar-refractivity contribution >= 4 is 5.91 Å². The molecule has 2 aromatic carbocycles. The van der Waals surface area contributed by atoms with Gasteiger partial charge in [-0.25, -0.2) is 0 Å². The second kappa shape index (κ2) is 8.23. The lowest BCUT2D eigenvalue weighted by atomic mass is 10.1. The number of hydrogen-bond donors (Lipinski definition) is 0. The molecule has 0 spiro atoms. The lowest BCUT2D eigenvalue weighted by Crippen LogP contribution is -2.40. The maximum absolute atomic E-state index is 12.7. The number of carbonyl (C=O) groups excluding carboxylic acids is 1. The average Bonchev–Trinajstić information content (AvgIpc) is 2.68. The van der Waals surface area contributed by atoms with Crippen LogP contribution >= 0.6 is 0 Å². The smallest absolute Gasteiger partial charge is 0.254 e. The minimum atomic E-state index is 0.0170. The van der Waals surface area contributed by atoms with Crippen LogP contribution in [0.4, 0.5) is 0 Å². The van der Waals surface area contributed by atoms with Gasteiger partial charge in [-0.1, -0.05) is 6.07 Å². The van der Waals surface area contributed by atoms with Gasteiger partial charge in [0.25, 0.3) is 5.91 Å². The minimum absolute atomic E-state index is 0.0170. The van der Waals surface area contributed by atoms with E-state index in [1.807, 2.05) is 35.2 Å². The molecule has 1 aliphatic rings. The first-order chi connectivity index (χ1) is 12.6. The standard InChI is InChI=1S/C21H25NO4/c1-15-4-6-19(12-16(15)2)26-14-18-13-17(5-7-20(18)24-3)21(23)22-8-10-25-11-9-22/h4-7,12-13H,8-11,14H2,1-3H3. The highest BCUT2D eigenvalue weighted by Gasteiger charge is 2.19. The van der Waals surface area contributed by atoms with Crippen molar-refractivity contribution in [1.82, 2.24) is 4.90 Å². The quantitative estimate of drug-likeness (QED) is 0.825. The van der Waals surface area contributed by atoms with Crippen LogP contribution < -0.4 is 9.47 Å². The van der Waals surface area contributed by atoms with Crippen LogP contribution in [0.1, 0.15) is 27.0 Å². The molecule has 3 rings (SSSR count). The number of methoxy groups -OCH3 is 1. The van der Waals surface area contributed by atoms with E-state index in [1.54, 1.807) is 13.2 Å². The summed E-state index contributed by atoms with van der Waals surface area (Å²) >= 11 is 0. The molecule has 1 aliphatic heterocycles. The first-order valence-corrected chi connectivity index (χ1v) is 8.82. The van der Waals surface area contributed by atoms with E-state index in [1.165, 1.54) is 11.1 Å². The van der Waals surface area contributed by atoms with E-state index >= 15 is 0 Å². The van der Waals surface area contributed by atoms with E-state index in [0.29, 0.717) is 44.2 Å². The molecule has 0 unspecified atom stereocenters. The number of amides is 1. The number of nitrogens with zero attached hydrogens (tertiary/aromatic N) is 1. The third-order valence-corrected chi connectivity index (χ3v) is 4.70. The maximum Gasteiger partial charge on any atom is 0.254 e. The zero-order chi connectivity index (χ0) is 18.5. The first-order valence-electron chi connectivity index (χ1n) is 8.82. The maximum atomic E-state index is 12.7. The molecule has 1 saturated heterocycles. The third kappa shape index (κ3) is 4.17. The Balaban J connectivity index is 1.76. The second-order valence-corrected chi connectivity index (χ2v) is 6.47. The van der Waals surface area contributed by atoms with Gasteiger partial charge in [0.2, 0.25) is 0 Å². The number of rotatable bonds is 5. The highest BCUT2D eigenvalue weighted by atomic mass is 16.5. The molecular weight excluding hydrogens is 330 g/mol. The van der Waals surface area contributed by atoms with E-state index < -0.39 is 0 Å². The number of morpholine rings is 1. The summed E-state index contributed by atoms with van der Waals surface area (Å²) in [5.41, 5.74) is 3.91. The van der Waals surface area contributed by atoms with Gasteiger partial charge in [-0.2, -0.15) is 0 Å². The van der Waals surface area contributed by atoms with Gasteiger partial charge in [0.05, 0.1) is 20.3 Å². The molecule has 138 valence electrons. The van der Waals surface area contributed by atoms with Gasteiger partial charge in [-0.15, -0.1) is 0 Å². The van der Waals surface area contributed by atoms with E-state index in [0.717, 1.165) is 11.3 Å². The lowest BCUT2D eigenvalue weighted by molar-refractivity contribution is 0.0302. The predicted octanol–water partition coefficient (Wildman–Crippen LogP) is 3.36. The fourth-order valence-corrected chi connectivity index (χ4v) is 2.94. The summed E-state index contributed by atoms with van der Waals surface area (Å²) in [5, 5.41) is 0. The third-order valence-electron chi connectivity index (χ3n) is 4.70. The molecule has 2 aromatic rings. The molecule has 5 heteroatoms. The summed E-state index contributed by atoms with van der Waals surface area (Å²) in [5.74, 6) is 1.54. The van der Waals surface area contributed by atoms with Crippen molar-refractivity contribution in [3.63, 3.8) is 0 Å². The van der Waals surface area contributed by atoms with Crippen molar-refractivity contribution in [1.29, 1.82) is 0 Å². The van der Waals surface area contributed by atoms with E-state index in [9.17, 15) is 4.79 Å². The van der Waals surface area contributed by atoms with Gasteiger partial charge in [0, 0.05) is 24.2 Å². The molecule has 0 atom stereocenters. The first kappa shape index (κ1) is 18.3. The number of aryl methyl sites for hydroxylation is 2. The molecule has 0 N–H and O–H groups in total. The Hall–Kier alpha value is -2.53. The van der Waals surface area contributed by atoms with Crippen molar-refractivity contribution in [3.05, 3.63) is 58.7 Å². The molecule has 0 bridgehead atoms. The van der Waals surface area contributed by atoms with Crippen molar-refractivity contribution in [2.75, 3.05) is 33.4 Å². The lowest BCUT2D eigenvalue weighted by Gasteiger charge is -2.27. The monoisotopic (exact) mass is 355 g/mol. The molecular formula is C21H25NO4. The van der Waals surface area contributed by atoms with Gasteiger partial charge in [0.1, 0.15) is 18.1 Å². The molecule has 5 nitrogen and oxygen atoms in total. The van der Waals surface area contributed by atoms with Crippen molar-refractivity contribution in [2.45, 2.75) is 20.5 Å². The van der Waals surface area contributed by atoms with Gasteiger partial charge in [-0.3, -0.25) is 4.79 Å². The minimum Gasteiger partial charge on any atom is -0.496 e. The Morgan fingerprint density at radius 2 is 1.85 bits per heavy atom. The molecule has 0 saturated carbocycles. The Morgan fingerprint density at radius 1 is 1.08 bits per heavy atom. The Bertz CT molecular complexity index is 782. The molecule has 0 aromatic heterocycles. The molecule has 1 heterocycles. The van der Waals surface area contributed by atoms with Crippen LogP contribution in [0.2, 0.25) is 0 Å². The highest BCUT2D eigenvalue weighted by molar-refractivity contribution is 5.94. The topological polar surface area (TPSA) is 48.0 Å². The zero-order valence-corrected chi connectivity index (χ0v) is 15.6. The van der Waals surface area contributed by atoms with Crippen LogP contribution in [-0.4, -0.2) is 44.2 Å². The average molecular weight is 355 g/mol. The van der Waals surface area contributed by atoms with Crippen molar-refractivity contribution in [2.24, 2.45) is 0 Å². The number of hydrogen-bond acceptors (Lipinski definition) is 4. The van der Waals surface area contributed by atoms with Crippen LogP contribution in [0.3, 0.4) is 0 Å². The number of benzene rings is 2. The Kier molecular flexibility index (Phi) is 5.78. The van der Waals surface area contributed by atoms with E-state index in [-0.39, 0.29) is 5.91 Å². The highest BCUT2D eigenvalue weighted by Crippen LogP contribution is 2.24. The predicted molar refractivity (Wildman–Crippen MR) is 100.0 cm³/mol. The summed E-state index contributed by atoms with van der Waals surface area (Å²) in [4.78, 5) is 14.5. The summed E-state index contributed by atoms with van der Waals surface area (Å²) in [6.07, 6.45) is 0. The molecule has 1 fully saturated rings. The van der Waals surface area contributed by atoms with Gasteiger partial charge >= 0.3 is 0 Å². The second-order valence-electron chi connectivity index (χ2n) is 6.47. The fourth-order valence-electron chi connectivity index (χ4n) is 2.94.